The van der Waals surface area contributed by atoms with E-state index in [2.05, 4.69) is 37.9 Å². The van der Waals surface area contributed by atoms with Gasteiger partial charge in [0.25, 0.3) is 0 Å². The average Bonchev–Trinajstić information content (AvgIpc) is 3.16. The molecular weight excluding hydrogens is 372 g/mol. The zero-order valence-electron chi connectivity index (χ0n) is 16.2. The first-order valence-corrected chi connectivity index (χ1v) is 10.00. The molecule has 0 unspecified atom stereocenters. The van der Waals surface area contributed by atoms with E-state index in [-0.39, 0.29) is 17.7 Å². The smallest absolute Gasteiger partial charge is 0.230 e. The van der Waals surface area contributed by atoms with Gasteiger partial charge < -0.3 is 10.2 Å². The normalized spacial score (nSPS) is 12.1. The minimum absolute atomic E-state index is 0.0490. The minimum Gasteiger partial charge on any atom is -0.353 e. The van der Waals surface area contributed by atoms with Crippen LogP contribution < -0.4 is 5.32 Å². The molecule has 1 heterocycles. The van der Waals surface area contributed by atoms with E-state index in [9.17, 15) is 4.79 Å². The number of likely N-dealkylation sites (N-methyl/N-ethyl adjacent to an activating group) is 1. The van der Waals surface area contributed by atoms with Crippen molar-refractivity contribution < 1.29 is 4.79 Å². The Morgan fingerprint density at radius 3 is 2.57 bits per heavy atom. The van der Waals surface area contributed by atoms with Crippen molar-refractivity contribution in [3.63, 3.8) is 0 Å². The van der Waals surface area contributed by atoms with E-state index in [0.717, 1.165) is 11.3 Å². The van der Waals surface area contributed by atoms with Crippen molar-refractivity contribution in [3.05, 3.63) is 65.7 Å². The zero-order valence-corrected chi connectivity index (χ0v) is 17.1. The van der Waals surface area contributed by atoms with Crippen molar-refractivity contribution in [1.82, 2.24) is 30.4 Å². The molecule has 8 heteroatoms. The molecule has 0 radical (unpaired) electrons. The molecule has 146 valence electrons. The Morgan fingerprint density at radius 2 is 1.86 bits per heavy atom. The van der Waals surface area contributed by atoms with Crippen molar-refractivity contribution in [2.75, 3.05) is 26.4 Å². The Balaban J connectivity index is 1.58. The van der Waals surface area contributed by atoms with Crippen LogP contribution in [0, 0.1) is 6.92 Å². The molecule has 0 aliphatic rings. The summed E-state index contributed by atoms with van der Waals surface area (Å²) in [5.41, 5.74) is 3.15. The van der Waals surface area contributed by atoms with E-state index >= 15 is 0 Å². The van der Waals surface area contributed by atoms with Crippen molar-refractivity contribution in [1.29, 1.82) is 0 Å². The maximum atomic E-state index is 12.4. The number of thioether (sulfide) groups is 1. The SMILES string of the molecule is Cc1ccccc1-n1nnnc1SCC(=O)NC[C@H](c1ccccc1)N(C)C. The van der Waals surface area contributed by atoms with Gasteiger partial charge in [-0.1, -0.05) is 60.3 Å². The summed E-state index contributed by atoms with van der Waals surface area (Å²) < 4.78 is 1.67. The van der Waals surface area contributed by atoms with Gasteiger partial charge in [-0.2, -0.15) is 4.68 Å². The third-order valence-electron chi connectivity index (χ3n) is 4.42. The number of hydrogen-bond acceptors (Lipinski definition) is 6. The predicted molar refractivity (Wildman–Crippen MR) is 110 cm³/mol. The van der Waals surface area contributed by atoms with E-state index in [1.807, 2.05) is 63.5 Å². The largest absolute Gasteiger partial charge is 0.353 e. The molecule has 0 fully saturated rings. The minimum atomic E-state index is -0.0490. The van der Waals surface area contributed by atoms with Crippen LogP contribution in [-0.2, 0) is 4.79 Å². The van der Waals surface area contributed by atoms with Crippen molar-refractivity contribution in [2.45, 2.75) is 18.1 Å². The van der Waals surface area contributed by atoms with Crippen LogP contribution >= 0.6 is 11.8 Å². The van der Waals surface area contributed by atoms with Gasteiger partial charge in [-0.15, -0.1) is 5.10 Å². The number of para-hydroxylation sites is 1. The number of nitrogens with one attached hydrogen (secondary N) is 1. The van der Waals surface area contributed by atoms with Crippen molar-refractivity contribution in [3.8, 4) is 5.69 Å². The number of nitrogens with zero attached hydrogens (tertiary/aromatic N) is 5. The summed E-state index contributed by atoms with van der Waals surface area (Å²) in [5.74, 6) is 0.202. The van der Waals surface area contributed by atoms with Gasteiger partial charge >= 0.3 is 0 Å². The lowest BCUT2D eigenvalue weighted by Gasteiger charge is -2.25. The van der Waals surface area contributed by atoms with Gasteiger partial charge in [0.15, 0.2) is 0 Å². The number of aromatic nitrogens is 4. The molecule has 0 aliphatic carbocycles. The summed E-state index contributed by atoms with van der Waals surface area (Å²) in [6.45, 7) is 2.54. The van der Waals surface area contributed by atoms with E-state index in [1.165, 1.54) is 17.3 Å². The van der Waals surface area contributed by atoms with Gasteiger partial charge in [0.05, 0.1) is 17.5 Å². The van der Waals surface area contributed by atoms with Crippen LogP contribution in [0.25, 0.3) is 5.69 Å². The number of aryl methyl sites for hydroxylation is 1. The molecule has 1 N–H and O–H groups in total. The molecule has 0 bridgehead atoms. The number of carbonyl (C=O) groups excluding carboxylic acids is 1. The number of benzene rings is 2. The van der Waals surface area contributed by atoms with E-state index in [1.54, 1.807) is 4.68 Å². The number of carbonyl (C=O) groups is 1. The quantitative estimate of drug-likeness (QED) is 0.590. The van der Waals surface area contributed by atoms with Crippen LogP contribution in [0.4, 0.5) is 0 Å². The Bertz CT molecular complexity index is 912. The molecule has 1 atom stereocenters. The number of amides is 1. The highest BCUT2D eigenvalue weighted by Gasteiger charge is 2.16. The number of hydrogen-bond donors (Lipinski definition) is 1. The number of rotatable bonds is 8. The fraction of sp³-hybridized carbons (Fsp3) is 0.300. The molecule has 0 spiro atoms. The molecule has 1 aromatic heterocycles. The second kappa shape index (κ2) is 9.48. The van der Waals surface area contributed by atoms with Gasteiger partial charge in [-0.3, -0.25) is 4.79 Å². The van der Waals surface area contributed by atoms with Crippen LogP contribution in [0.15, 0.2) is 59.8 Å². The first kappa shape index (κ1) is 20.0. The molecule has 2 aromatic carbocycles. The highest BCUT2D eigenvalue weighted by atomic mass is 32.2. The molecule has 0 saturated heterocycles. The lowest BCUT2D eigenvalue weighted by molar-refractivity contribution is -0.118. The Labute approximate surface area is 169 Å². The first-order chi connectivity index (χ1) is 13.6. The third-order valence-corrected chi connectivity index (χ3v) is 5.34. The highest BCUT2D eigenvalue weighted by Crippen LogP contribution is 2.20. The van der Waals surface area contributed by atoms with E-state index < -0.39 is 0 Å². The maximum Gasteiger partial charge on any atom is 0.230 e. The molecule has 3 rings (SSSR count). The van der Waals surface area contributed by atoms with Gasteiger partial charge in [0.1, 0.15) is 0 Å². The van der Waals surface area contributed by atoms with Crippen LogP contribution in [-0.4, -0.2) is 57.4 Å². The molecule has 0 saturated carbocycles. The van der Waals surface area contributed by atoms with Crippen molar-refractivity contribution >= 4 is 17.7 Å². The topological polar surface area (TPSA) is 75.9 Å². The van der Waals surface area contributed by atoms with E-state index in [0.29, 0.717) is 11.7 Å². The summed E-state index contributed by atoms with van der Waals surface area (Å²) in [4.78, 5) is 14.5. The first-order valence-electron chi connectivity index (χ1n) is 9.01. The molecular formula is C20H24N6OS. The lowest BCUT2D eigenvalue weighted by atomic mass is 10.1. The van der Waals surface area contributed by atoms with Crippen LogP contribution in [0.1, 0.15) is 17.2 Å². The van der Waals surface area contributed by atoms with Gasteiger partial charge in [0, 0.05) is 6.54 Å². The Kier molecular flexibility index (Phi) is 6.78. The molecule has 7 nitrogen and oxygen atoms in total. The Morgan fingerprint density at radius 1 is 1.14 bits per heavy atom. The molecule has 0 aliphatic heterocycles. The van der Waals surface area contributed by atoms with E-state index in [4.69, 9.17) is 0 Å². The maximum absolute atomic E-state index is 12.4. The van der Waals surface area contributed by atoms with Crippen LogP contribution in [0.2, 0.25) is 0 Å². The number of tetrazole rings is 1. The Hall–Kier alpha value is -2.71. The monoisotopic (exact) mass is 396 g/mol. The summed E-state index contributed by atoms with van der Waals surface area (Å²) in [7, 11) is 4.02. The van der Waals surface area contributed by atoms with Gasteiger partial charge in [-0.05, 0) is 48.6 Å². The predicted octanol–water partition coefficient (Wildman–Crippen LogP) is 2.48. The second-order valence-electron chi connectivity index (χ2n) is 6.64. The summed E-state index contributed by atoms with van der Waals surface area (Å²) in [6.07, 6.45) is 0. The molecule has 3 aromatic rings. The van der Waals surface area contributed by atoms with Crippen LogP contribution in [0.3, 0.4) is 0 Å². The average molecular weight is 397 g/mol. The zero-order chi connectivity index (χ0) is 19.9. The van der Waals surface area contributed by atoms with Gasteiger partial charge in [-0.25, -0.2) is 0 Å². The second-order valence-corrected chi connectivity index (χ2v) is 7.59. The van der Waals surface area contributed by atoms with Crippen molar-refractivity contribution in [2.24, 2.45) is 0 Å². The summed E-state index contributed by atoms with van der Waals surface area (Å²) in [6, 6.07) is 18.1. The fourth-order valence-electron chi connectivity index (χ4n) is 2.89. The fourth-order valence-corrected chi connectivity index (χ4v) is 3.60. The third kappa shape index (κ3) is 4.96. The highest BCUT2D eigenvalue weighted by molar-refractivity contribution is 7.99. The standard InChI is InChI=1S/C20H24N6OS/c1-15-9-7-8-12-17(15)26-20(22-23-24-26)28-14-19(27)21-13-18(25(2)3)16-10-5-4-6-11-16/h4-12,18H,13-14H2,1-3H3,(H,21,27)/t18-/m1/s1. The summed E-state index contributed by atoms with van der Waals surface area (Å²) >= 11 is 1.32. The molecule has 1 amide bonds. The lowest BCUT2D eigenvalue weighted by Crippen LogP contribution is -2.35. The summed E-state index contributed by atoms with van der Waals surface area (Å²) in [5, 5.41) is 15.5. The van der Waals surface area contributed by atoms with Gasteiger partial charge in [0.2, 0.25) is 11.1 Å². The van der Waals surface area contributed by atoms with Crippen LogP contribution in [0.5, 0.6) is 0 Å². The molecule has 28 heavy (non-hydrogen) atoms.